The van der Waals surface area contributed by atoms with E-state index in [0.717, 1.165) is 78.6 Å². The Morgan fingerprint density at radius 3 is 2.09 bits per heavy atom. The minimum atomic E-state index is 0.623. The van der Waals surface area contributed by atoms with Gasteiger partial charge in [-0.3, -0.25) is 0 Å². The molecular weight excluding hydrogens is 675 g/mol. The van der Waals surface area contributed by atoms with Gasteiger partial charge in [0.15, 0.2) is 17.5 Å². The molecule has 1 aliphatic carbocycles. The Hall–Kier alpha value is -7.11. The number of rotatable bonds is 6. The van der Waals surface area contributed by atoms with Crippen molar-refractivity contribution < 1.29 is 8.83 Å². The van der Waals surface area contributed by atoms with Gasteiger partial charge in [0.05, 0.1) is 0 Å². The molecule has 0 saturated carbocycles. The fourth-order valence-corrected chi connectivity index (χ4v) is 7.75. The lowest BCUT2D eigenvalue weighted by Crippen LogP contribution is -2.19. The molecule has 0 amide bonds. The van der Waals surface area contributed by atoms with Crippen molar-refractivity contribution in [1.82, 2.24) is 15.0 Å². The van der Waals surface area contributed by atoms with E-state index in [1.165, 1.54) is 21.9 Å². The number of furan rings is 2. The van der Waals surface area contributed by atoms with Gasteiger partial charge in [-0.15, -0.1) is 0 Å². The van der Waals surface area contributed by atoms with Crippen LogP contribution in [0.5, 0.6) is 0 Å². The molecule has 0 bridgehead atoms. The molecule has 55 heavy (non-hydrogen) atoms. The largest absolute Gasteiger partial charge is 0.456 e. The van der Waals surface area contributed by atoms with Crippen LogP contribution < -0.4 is 10.6 Å². The van der Waals surface area contributed by atoms with E-state index < -0.39 is 0 Å². The number of fused-ring (bicyclic) bond motifs is 6. The molecule has 10 rings (SSSR count). The standard InChI is InChI=1S/C50H35N3O2/c1-2-42-39(46-38-19-10-9-16-35(38)28-30-44(46)54-42)20-11-13-32-23-29-40-45(31-32)55-43-22-12-21-41(47(40)43)50-52-48(36-17-7-4-8-18-36)51-49(53-50)37-26-24-34(25-27-37)33-14-5-3-6-15-33/h2-24,26,28-31H,25,27H2,1H3/b13-11+,39-20+,42-2+. The maximum Gasteiger partial charge on any atom is 0.164 e. The summed E-state index contributed by atoms with van der Waals surface area (Å²) in [5.74, 6) is 1.97. The van der Waals surface area contributed by atoms with Crippen molar-refractivity contribution in [2.75, 3.05) is 0 Å². The van der Waals surface area contributed by atoms with Crippen molar-refractivity contribution in [1.29, 1.82) is 0 Å². The zero-order chi connectivity index (χ0) is 36.7. The second kappa shape index (κ2) is 13.7. The minimum absolute atomic E-state index is 0.623. The molecule has 3 aromatic heterocycles. The summed E-state index contributed by atoms with van der Waals surface area (Å²) in [6.07, 6.45) is 14.5. The number of hydrogen-bond acceptors (Lipinski definition) is 5. The van der Waals surface area contributed by atoms with E-state index in [1.54, 1.807) is 0 Å². The van der Waals surface area contributed by atoms with Crippen molar-refractivity contribution in [2.45, 2.75) is 19.8 Å². The monoisotopic (exact) mass is 709 g/mol. The van der Waals surface area contributed by atoms with Crippen molar-refractivity contribution >= 4 is 73.1 Å². The summed E-state index contributed by atoms with van der Waals surface area (Å²) in [7, 11) is 0. The van der Waals surface area contributed by atoms with Gasteiger partial charge in [0, 0.05) is 32.5 Å². The predicted molar refractivity (Wildman–Crippen MR) is 226 cm³/mol. The van der Waals surface area contributed by atoms with E-state index in [-0.39, 0.29) is 0 Å². The van der Waals surface area contributed by atoms with Crippen molar-refractivity contribution in [3.63, 3.8) is 0 Å². The molecule has 0 fully saturated rings. The van der Waals surface area contributed by atoms with Gasteiger partial charge in [-0.05, 0) is 83.2 Å². The zero-order valence-electron chi connectivity index (χ0n) is 30.2. The van der Waals surface area contributed by atoms with Crippen molar-refractivity contribution in [3.05, 3.63) is 179 Å². The summed E-state index contributed by atoms with van der Waals surface area (Å²) in [5, 5.41) is 6.57. The fraction of sp³-hybridized carbons (Fsp3) is 0.0600. The molecule has 0 atom stereocenters. The van der Waals surface area contributed by atoms with E-state index in [9.17, 15) is 0 Å². The van der Waals surface area contributed by atoms with Crippen LogP contribution in [-0.2, 0) is 0 Å². The molecule has 262 valence electrons. The van der Waals surface area contributed by atoms with Gasteiger partial charge in [0.1, 0.15) is 22.2 Å². The van der Waals surface area contributed by atoms with Crippen LogP contribution in [0.4, 0.5) is 0 Å². The molecule has 5 nitrogen and oxygen atoms in total. The molecule has 0 N–H and O–H groups in total. The van der Waals surface area contributed by atoms with Crippen LogP contribution in [0, 0.1) is 0 Å². The third-order valence-corrected chi connectivity index (χ3v) is 10.5. The molecular formula is C50H35N3O2. The van der Waals surface area contributed by atoms with Crippen LogP contribution in [0.25, 0.3) is 95.8 Å². The zero-order valence-corrected chi connectivity index (χ0v) is 30.2. The predicted octanol–water partition coefficient (Wildman–Crippen LogP) is 11.6. The molecule has 0 spiro atoms. The van der Waals surface area contributed by atoms with Crippen molar-refractivity contribution in [3.8, 4) is 22.8 Å². The Morgan fingerprint density at radius 2 is 1.27 bits per heavy atom. The summed E-state index contributed by atoms with van der Waals surface area (Å²) in [5.41, 5.74) is 9.89. The topological polar surface area (TPSA) is 65.0 Å². The molecule has 6 aromatic carbocycles. The highest BCUT2D eigenvalue weighted by Gasteiger charge is 2.20. The first-order valence-corrected chi connectivity index (χ1v) is 18.7. The number of nitrogens with zero attached hydrogens (tertiary/aromatic N) is 3. The highest BCUT2D eigenvalue weighted by atomic mass is 16.3. The van der Waals surface area contributed by atoms with Gasteiger partial charge < -0.3 is 8.83 Å². The minimum Gasteiger partial charge on any atom is -0.456 e. The lowest BCUT2D eigenvalue weighted by Gasteiger charge is -2.15. The maximum atomic E-state index is 6.51. The highest BCUT2D eigenvalue weighted by Crippen LogP contribution is 2.38. The third kappa shape index (κ3) is 5.96. The third-order valence-electron chi connectivity index (χ3n) is 10.5. The summed E-state index contributed by atoms with van der Waals surface area (Å²) in [6.45, 7) is 2.01. The van der Waals surface area contributed by atoms with Gasteiger partial charge >= 0.3 is 0 Å². The molecule has 0 radical (unpaired) electrons. The average molecular weight is 710 g/mol. The van der Waals surface area contributed by atoms with Gasteiger partial charge in [-0.25, -0.2) is 15.0 Å². The van der Waals surface area contributed by atoms with Crippen LogP contribution >= 0.6 is 0 Å². The SMILES string of the molecule is C/C=c1/oc2ccc3ccccc3c2/c1=C/C=C/c1ccc2c(c1)oc1cccc(-c3nc(C4=CC=C(c5ccccc5)CC4)nc(-c4ccccc4)n3)c12. The second-order valence-electron chi connectivity index (χ2n) is 13.8. The Bertz CT molecular complexity index is 3150. The van der Waals surface area contributed by atoms with Gasteiger partial charge in [-0.1, -0.05) is 140 Å². The lowest BCUT2D eigenvalue weighted by atomic mass is 9.93. The molecule has 9 aromatic rings. The van der Waals surface area contributed by atoms with Crippen LogP contribution in [0.15, 0.2) is 161 Å². The molecule has 0 aliphatic heterocycles. The van der Waals surface area contributed by atoms with E-state index in [2.05, 4.69) is 121 Å². The van der Waals surface area contributed by atoms with Crippen LogP contribution in [-0.4, -0.2) is 15.0 Å². The van der Waals surface area contributed by atoms with E-state index in [1.807, 2.05) is 55.5 Å². The Balaban J connectivity index is 1.05. The Labute approximate surface area is 317 Å². The molecule has 3 heterocycles. The number of hydrogen-bond donors (Lipinski definition) is 0. The first kappa shape index (κ1) is 32.5. The second-order valence-corrected chi connectivity index (χ2v) is 13.8. The Kier molecular flexibility index (Phi) is 8.11. The normalized spacial score (nSPS) is 14.1. The van der Waals surface area contributed by atoms with Gasteiger partial charge in [0.2, 0.25) is 0 Å². The van der Waals surface area contributed by atoms with E-state index in [4.69, 9.17) is 23.8 Å². The fourth-order valence-electron chi connectivity index (χ4n) is 7.75. The van der Waals surface area contributed by atoms with Gasteiger partial charge in [-0.2, -0.15) is 0 Å². The van der Waals surface area contributed by atoms with E-state index >= 15 is 0 Å². The average Bonchev–Trinajstić information content (AvgIpc) is 3.82. The van der Waals surface area contributed by atoms with E-state index in [0.29, 0.717) is 17.5 Å². The smallest absolute Gasteiger partial charge is 0.164 e. The maximum absolute atomic E-state index is 6.51. The van der Waals surface area contributed by atoms with Crippen LogP contribution in [0.2, 0.25) is 0 Å². The number of aromatic nitrogens is 3. The summed E-state index contributed by atoms with van der Waals surface area (Å²) >= 11 is 0. The Morgan fingerprint density at radius 1 is 0.545 bits per heavy atom. The molecule has 0 unspecified atom stereocenters. The molecule has 0 saturated heterocycles. The number of benzene rings is 6. The quantitative estimate of drug-likeness (QED) is 0.172. The molecule has 1 aliphatic rings. The summed E-state index contributed by atoms with van der Waals surface area (Å²) in [4.78, 5) is 15.2. The van der Waals surface area contributed by atoms with Gasteiger partial charge in [0.25, 0.3) is 0 Å². The summed E-state index contributed by atoms with van der Waals surface area (Å²) in [6, 6.07) is 45.8. The first-order chi connectivity index (χ1) is 27.2. The highest BCUT2D eigenvalue weighted by molar-refractivity contribution is 6.12. The first-order valence-electron chi connectivity index (χ1n) is 18.7. The molecule has 5 heteroatoms. The van der Waals surface area contributed by atoms with Crippen molar-refractivity contribution in [2.24, 2.45) is 0 Å². The van der Waals surface area contributed by atoms with Crippen LogP contribution in [0.1, 0.15) is 36.7 Å². The van der Waals surface area contributed by atoms with Crippen LogP contribution in [0.3, 0.4) is 0 Å². The number of allylic oxidation sites excluding steroid dienone is 5. The lowest BCUT2D eigenvalue weighted by molar-refractivity contribution is 0.575. The summed E-state index contributed by atoms with van der Waals surface area (Å²) < 4.78 is 12.7.